The molecule has 0 atom stereocenters. The van der Waals surface area contributed by atoms with Crippen LogP contribution < -0.4 is 5.46 Å². The Morgan fingerprint density at radius 1 is 0.821 bits per heavy atom. The molecule has 7 heteroatoms. The van der Waals surface area contributed by atoms with Crippen LogP contribution in [0.25, 0.3) is 22.8 Å². The van der Waals surface area contributed by atoms with Crippen molar-refractivity contribution in [2.45, 2.75) is 43.8 Å². The van der Waals surface area contributed by atoms with Crippen LogP contribution in [-0.2, 0) is 9.31 Å². The molecule has 0 amide bonds. The molecule has 2 heterocycles. The van der Waals surface area contributed by atoms with Crippen LogP contribution in [-0.4, -0.2) is 34.7 Å². The van der Waals surface area contributed by atoms with Crippen molar-refractivity contribution in [3.63, 3.8) is 0 Å². The molecule has 0 saturated carbocycles. The fraction of sp³-hybridized carbons (Fsp3) is 0.333. The molecule has 0 aliphatic carbocycles. The molecular formula is C21H23BN2O3S. The fourth-order valence-electron chi connectivity index (χ4n) is 2.96. The number of aromatic nitrogens is 2. The van der Waals surface area contributed by atoms with Crippen molar-refractivity contribution in [3.05, 3.63) is 48.5 Å². The Morgan fingerprint density at radius 2 is 1.39 bits per heavy atom. The molecule has 0 unspecified atom stereocenters. The number of nitrogens with zero attached hydrogens (tertiary/aromatic N) is 2. The van der Waals surface area contributed by atoms with E-state index in [-0.39, 0.29) is 18.3 Å². The lowest BCUT2D eigenvalue weighted by molar-refractivity contribution is 0.00578. The molecule has 28 heavy (non-hydrogen) atoms. The van der Waals surface area contributed by atoms with Crippen molar-refractivity contribution in [3.8, 4) is 22.8 Å². The first-order valence-corrected chi connectivity index (χ1v) is 10.5. The summed E-state index contributed by atoms with van der Waals surface area (Å²) in [6.07, 6.45) is 2.05. The second-order valence-corrected chi connectivity index (χ2v) is 8.74. The van der Waals surface area contributed by atoms with E-state index in [0.717, 1.165) is 16.6 Å². The molecule has 1 aliphatic heterocycles. The lowest BCUT2D eigenvalue weighted by atomic mass is 9.79. The van der Waals surface area contributed by atoms with Gasteiger partial charge in [-0.25, -0.2) is 0 Å². The van der Waals surface area contributed by atoms with Crippen molar-refractivity contribution >= 4 is 24.3 Å². The Kier molecular flexibility index (Phi) is 4.85. The molecule has 0 bridgehead atoms. The average Bonchev–Trinajstić information content (AvgIpc) is 3.25. The molecular weight excluding hydrogens is 371 g/mol. The molecule has 4 rings (SSSR count). The summed E-state index contributed by atoms with van der Waals surface area (Å²) in [7, 11) is -0.380. The third-order valence-corrected chi connectivity index (χ3v) is 6.20. The normalized spacial score (nSPS) is 17.8. The van der Waals surface area contributed by atoms with Gasteiger partial charge in [-0.3, -0.25) is 0 Å². The zero-order valence-corrected chi connectivity index (χ0v) is 17.5. The predicted molar refractivity (Wildman–Crippen MR) is 113 cm³/mol. The highest BCUT2D eigenvalue weighted by Crippen LogP contribution is 2.36. The highest BCUT2D eigenvalue weighted by molar-refractivity contribution is 7.98. The first kappa shape index (κ1) is 19.2. The van der Waals surface area contributed by atoms with Gasteiger partial charge in [-0.15, -0.1) is 11.8 Å². The SMILES string of the molecule is CSc1ccc(-c2nc(-c3ccc(B4OC(C)(C)C(C)(C)O4)cc3)no2)cc1. The molecule has 1 saturated heterocycles. The predicted octanol–water partition coefficient (Wildman–Crippen LogP) is 4.42. The van der Waals surface area contributed by atoms with Gasteiger partial charge in [-0.2, -0.15) is 4.98 Å². The maximum absolute atomic E-state index is 6.10. The average molecular weight is 394 g/mol. The molecule has 144 valence electrons. The summed E-state index contributed by atoms with van der Waals surface area (Å²) in [4.78, 5) is 5.73. The Hall–Kier alpha value is -2.09. The van der Waals surface area contributed by atoms with Crippen LogP contribution in [0.2, 0.25) is 0 Å². The lowest BCUT2D eigenvalue weighted by Gasteiger charge is -2.32. The first-order valence-electron chi connectivity index (χ1n) is 9.23. The Morgan fingerprint density at radius 3 is 1.96 bits per heavy atom. The second-order valence-electron chi connectivity index (χ2n) is 7.86. The summed E-state index contributed by atoms with van der Waals surface area (Å²) in [6.45, 7) is 8.20. The van der Waals surface area contributed by atoms with Crippen molar-refractivity contribution < 1.29 is 13.8 Å². The molecule has 0 radical (unpaired) electrons. The third-order valence-electron chi connectivity index (χ3n) is 5.46. The van der Waals surface area contributed by atoms with E-state index in [1.165, 1.54) is 4.90 Å². The quantitative estimate of drug-likeness (QED) is 0.482. The molecule has 2 aromatic carbocycles. The van der Waals surface area contributed by atoms with E-state index in [4.69, 9.17) is 13.8 Å². The molecule has 1 fully saturated rings. The number of thioether (sulfide) groups is 1. The Bertz CT molecular complexity index is 952. The van der Waals surface area contributed by atoms with Crippen LogP contribution >= 0.6 is 11.8 Å². The largest absolute Gasteiger partial charge is 0.494 e. The third kappa shape index (κ3) is 3.50. The Labute approximate surface area is 170 Å². The topological polar surface area (TPSA) is 57.4 Å². The minimum absolute atomic E-state index is 0.356. The summed E-state index contributed by atoms with van der Waals surface area (Å²) in [5.74, 6) is 1.07. The summed E-state index contributed by atoms with van der Waals surface area (Å²) in [5, 5.41) is 4.12. The van der Waals surface area contributed by atoms with E-state index in [1.807, 2.05) is 82.5 Å². The number of hydrogen-bond acceptors (Lipinski definition) is 6. The molecule has 3 aromatic rings. The highest BCUT2D eigenvalue weighted by Gasteiger charge is 2.51. The smallest absolute Gasteiger partial charge is 0.399 e. The standard InChI is InChI=1S/C21H23BN2O3S/c1-20(2)21(3,4)27-22(26-20)16-10-6-14(7-11-16)18-23-19(25-24-18)15-8-12-17(28-5)13-9-15/h6-13H,1-5H3. The van der Waals surface area contributed by atoms with E-state index in [9.17, 15) is 0 Å². The molecule has 0 N–H and O–H groups in total. The van der Waals surface area contributed by atoms with E-state index in [1.54, 1.807) is 11.8 Å². The highest BCUT2D eigenvalue weighted by atomic mass is 32.2. The first-order chi connectivity index (χ1) is 13.3. The number of rotatable bonds is 4. The lowest BCUT2D eigenvalue weighted by Crippen LogP contribution is -2.41. The zero-order valence-electron chi connectivity index (χ0n) is 16.7. The summed E-state index contributed by atoms with van der Waals surface area (Å²) in [5.41, 5.74) is 2.05. The zero-order chi connectivity index (χ0) is 19.9. The van der Waals surface area contributed by atoms with Crippen molar-refractivity contribution in [2.75, 3.05) is 6.26 Å². The monoisotopic (exact) mass is 394 g/mol. The molecule has 0 spiro atoms. The minimum atomic E-state index is -0.380. The van der Waals surface area contributed by atoms with E-state index >= 15 is 0 Å². The molecule has 5 nitrogen and oxygen atoms in total. The summed E-state index contributed by atoms with van der Waals surface area (Å²) < 4.78 is 17.7. The van der Waals surface area contributed by atoms with Gasteiger partial charge in [0, 0.05) is 16.0 Å². The van der Waals surface area contributed by atoms with Crippen LogP contribution in [0.4, 0.5) is 0 Å². The summed E-state index contributed by atoms with van der Waals surface area (Å²) >= 11 is 1.70. The number of benzene rings is 2. The summed E-state index contributed by atoms with van der Waals surface area (Å²) in [6, 6.07) is 16.0. The van der Waals surface area contributed by atoms with Crippen molar-refractivity contribution in [1.82, 2.24) is 10.1 Å². The van der Waals surface area contributed by atoms with Crippen LogP contribution in [0.5, 0.6) is 0 Å². The van der Waals surface area contributed by atoms with Crippen molar-refractivity contribution in [1.29, 1.82) is 0 Å². The van der Waals surface area contributed by atoms with Crippen molar-refractivity contribution in [2.24, 2.45) is 0 Å². The van der Waals surface area contributed by atoms with Gasteiger partial charge in [0.15, 0.2) is 0 Å². The molecule has 1 aliphatic rings. The maximum Gasteiger partial charge on any atom is 0.494 e. The fourth-order valence-corrected chi connectivity index (χ4v) is 3.37. The number of hydrogen-bond donors (Lipinski definition) is 0. The van der Waals surface area contributed by atoms with Crippen LogP contribution in [0.3, 0.4) is 0 Å². The van der Waals surface area contributed by atoms with Gasteiger partial charge in [0.1, 0.15) is 0 Å². The maximum atomic E-state index is 6.10. The van der Waals surface area contributed by atoms with E-state index in [2.05, 4.69) is 10.1 Å². The van der Waals surface area contributed by atoms with E-state index < -0.39 is 0 Å². The van der Waals surface area contributed by atoms with Gasteiger partial charge in [-0.05, 0) is 63.7 Å². The van der Waals surface area contributed by atoms with Crippen LogP contribution in [0.1, 0.15) is 27.7 Å². The van der Waals surface area contributed by atoms with Gasteiger partial charge in [0.05, 0.1) is 11.2 Å². The van der Waals surface area contributed by atoms with Crippen LogP contribution in [0, 0.1) is 0 Å². The Balaban J connectivity index is 1.53. The van der Waals surface area contributed by atoms with Gasteiger partial charge in [0.2, 0.25) is 5.82 Å². The van der Waals surface area contributed by atoms with Gasteiger partial charge in [0.25, 0.3) is 5.89 Å². The van der Waals surface area contributed by atoms with Crippen LogP contribution in [0.15, 0.2) is 57.9 Å². The second kappa shape index (κ2) is 7.06. The van der Waals surface area contributed by atoms with Gasteiger partial charge < -0.3 is 13.8 Å². The van der Waals surface area contributed by atoms with Gasteiger partial charge in [-0.1, -0.05) is 29.4 Å². The minimum Gasteiger partial charge on any atom is -0.399 e. The van der Waals surface area contributed by atoms with E-state index in [0.29, 0.717) is 11.7 Å². The molecule has 1 aromatic heterocycles. The van der Waals surface area contributed by atoms with Gasteiger partial charge >= 0.3 is 7.12 Å².